The third kappa shape index (κ3) is 3.16. The van der Waals surface area contributed by atoms with Gasteiger partial charge in [-0.05, 0) is 36.4 Å². The number of methoxy groups -OCH3 is 1. The maximum absolute atomic E-state index is 11.6. The first-order valence-corrected chi connectivity index (χ1v) is 6.94. The Morgan fingerprint density at radius 1 is 1.13 bits per heavy atom. The molecule has 0 aliphatic rings. The molecule has 6 heteroatoms. The van der Waals surface area contributed by atoms with E-state index in [2.05, 4.69) is 10.3 Å². The smallest absolute Gasteiger partial charge is 0.300 e. The number of ether oxygens (including phenoxy) is 1. The minimum absolute atomic E-state index is 0.0774. The summed E-state index contributed by atoms with van der Waals surface area (Å²) in [5.74, 6) is 0.371. The van der Waals surface area contributed by atoms with Gasteiger partial charge >= 0.3 is 0 Å². The van der Waals surface area contributed by atoms with Crippen molar-refractivity contribution in [2.75, 3.05) is 12.4 Å². The van der Waals surface area contributed by atoms with Crippen LogP contribution in [0.15, 0.2) is 59.0 Å². The Hall–Kier alpha value is -3.28. The van der Waals surface area contributed by atoms with E-state index in [0.29, 0.717) is 17.1 Å². The van der Waals surface area contributed by atoms with E-state index < -0.39 is 5.91 Å². The van der Waals surface area contributed by atoms with Crippen molar-refractivity contribution < 1.29 is 13.9 Å². The van der Waals surface area contributed by atoms with Crippen LogP contribution in [-0.4, -0.2) is 18.0 Å². The Balaban J connectivity index is 1.96. The zero-order valence-corrected chi connectivity index (χ0v) is 12.4. The number of anilines is 2. The maximum Gasteiger partial charge on any atom is 0.300 e. The number of nitrogens with zero attached hydrogens (tertiary/aromatic N) is 1. The van der Waals surface area contributed by atoms with Gasteiger partial charge in [0.15, 0.2) is 11.5 Å². The van der Waals surface area contributed by atoms with Crippen LogP contribution < -0.4 is 15.8 Å². The van der Waals surface area contributed by atoms with Crippen molar-refractivity contribution in [1.29, 1.82) is 0 Å². The van der Waals surface area contributed by atoms with Gasteiger partial charge in [0, 0.05) is 11.3 Å². The number of benzene rings is 2. The standard InChI is InChI=1S/C17H15N3O3/c1-22-13-9-7-11(8-10-13)15-14(16(18)21)20-17(23-15)19-12-5-3-2-4-6-12/h2-10H,1H3,(H2,18,21)(H,19,20). The highest BCUT2D eigenvalue weighted by molar-refractivity contribution is 5.97. The van der Waals surface area contributed by atoms with Gasteiger partial charge in [0.1, 0.15) is 5.75 Å². The van der Waals surface area contributed by atoms with Crippen LogP contribution in [0, 0.1) is 0 Å². The zero-order chi connectivity index (χ0) is 16.2. The fraction of sp³-hybridized carbons (Fsp3) is 0.0588. The molecule has 3 rings (SSSR count). The van der Waals surface area contributed by atoms with Gasteiger partial charge in [0.25, 0.3) is 11.9 Å². The molecular weight excluding hydrogens is 294 g/mol. The molecule has 2 aromatic carbocycles. The Morgan fingerprint density at radius 3 is 2.43 bits per heavy atom. The first-order chi connectivity index (χ1) is 11.2. The summed E-state index contributed by atoms with van der Waals surface area (Å²) in [5, 5.41) is 3.00. The number of amides is 1. The number of carbonyl (C=O) groups excluding carboxylic acids is 1. The van der Waals surface area contributed by atoms with E-state index in [1.165, 1.54) is 0 Å². The Labute approximate surface area is 132 Å². The summed E-state index contributed by atoms with van der Waals surface area (Å²) in [4.78, 5) is 15.8. The maximum atomic E-state index is 11.6. The molecule has 0 atom stereocenters. The monoisotopic (exact) mass is 309 g/mol. The van der Waals surface area contributed by atoms with Crippen molar-refractivity contribution in [2.45, 2.75) is 0 Å². The number of rotatable bonds is 5. The van der Waals surface area contributed by atoms with Gasteiger partial charge in [0.2, 0.25) is 0 Å². The number of hydrogen-bond donors (Lipinski definition) is 2. The molecule has 0 fully saturated rings. The van der Waals surface area contributed by atoms with E-state index in [1.807, 2.05) is 30.3 Å². The molecule has 0 unspecified atom stereocenters. The molecule has 6 nitrogen and oxygen atoms in total. The number of aromatic nitrogens is 1. The molecule has 0 bridgehead atoms. The second-order valence-electron chi connectivity index (χ2n) is 4.78. The summed E-state index contributed by atoms with van der Waals surface area (Å²) in [6, 6.07) is 16.7. The zero-order valence-electron chi connectivity index (χ0n) is 12.4. The molecule has 116 valence electrons. The largest absolute Gasteiger partial charge is 0.497 e. The molecule has 0 spiro atoms. The highest BCUT2D eigenvalue weighted by atomic mass is 16.5. The lowest BCUT2D eigenvalue weighted by Crippen LogP contribution is -2.12. The summed E-state index contributed by atoms with van der Waals surface area (Å²) in [6.07, 6.45) is 0. The Kier molecular flexibility index (Phi) is 3.97. The fourth-order valence-corrected chi connectivity index (χ4v) is 2.12. The van der Waals surface area contributed by atoms with Gasteiger partial charge in [-0.3, -0.25) is 4.79 Å². The molecule has 0 radical (unpaired) electrons. The van der Waals surface area contributed by atoms with Gasteiger partial charge in [-0.25, -0.2) is 0 Å². The number of oxazole rings is 1. The second kappa shape index (κ2) is 6.23. The molecule has 3 N–H and O–H groups in total. The normalized spacial score (nSPS) is 10.3. The quantitative estimate of drug-likeness (QED) is 0.755. The summed E-state index contributed by atoms with van der Waals surface area (Å²) in [5.41, 5.74) is 6.96. The number of primary amides is 1. The molecule has 0 aliphatic heterocycles. The van der Waals surface area contributed by atoms with Crippen LogP contribution in [0.5, 0.6) is 5.75 Å². The van der Waals surface area contributed by atoms with E-state index in [0.717, 1.165) is 5.69 Å². The molecule has 1 amide bonds. The van der Waals surface area contributed by atoms with Crippen molar-refractivity contribution in [2.24, 2.45) is 5.73 Å². The van der Waals surface area contributed by atoms with Crippen molar-refractivity contribution in [3.05, 3.63) is 60.3 Å². The number of hydrogen-bond acceptors (Lipinski definition) is 5. The number of nitrogens with one attached hydrogen (secondary N) is 1. The average Bonchev–Trinajstić information content (AvgIpc) is 3.00. The van der Waals surface area contributed by atoms with Crippen molar-refractivity contribution in [3.63, 3.8) is 0 Å². The number of nitrogens with two attached hydrogens (primary N) is 1. The van der Waals surface area contributed by atoms with Crippen LogP contribution in [0.2, 0.25) is 0 Å². The molecule has 23 heavy (non-hydrogen) atoms. The van der Waals surface area contributed by atoms with Crippen LogP contribution >= 0.6 is 0 Å². The van der Waals surface area contributed by atoms with Crippen LogP contribution in [0.25, 0.3) is 11.3 Å². The lowest BCUT2D eigenvalue weighted by Gasteiger charge is -2.02. The highest BCUT2D eigenvalue weighted by Crippen LogP contribution is 2.29. The molecule has 0 saturated heterocycles. The predicted octanol–water partition coefficient (Wildman–Crippen LogP) is 3.19. The molecule has 1 heterocycles. The van der Waals surface area contributed by atoms with Gasteiger partial charge in [0.05, 0.1) is 7.11 Å². The van der Waals surface area contributed by atoms with E-state index in [9.17, 15) is 4.79 Å². The lowest BCUT2D eigenvalue weighted by atomic mass is 10.1. The van der Waals surface area contributed by atoms with Gasteiger partial charge in [-0.2, -0.15) is 4.98 Å². The third-order valence-corrected chi connectivity index (χ3v) is 3.24. The fourth-order valence-electron chi connectivity index (χ4n) is 2.12. The van der Waals surface area contributed by atoms with Crippen LogP contribution in [0.4, 0.5) is 11.7 Å². The summed E-state index contributed by atoms with van der Waals surface area (Å²) >= 11 is 0. The van der Waals surface area contributed by atoms with Gasteiger partial charge in [-0.1, -0.05) is 18.2 Å². The van der Waals surface area contributed by atoms with E-state index in [-0.39, 0.29) is 11.7 Å². The molecule has 3 aromatic rings. The predicted molar refractivity (Wildman–Crippen MR) is 86.7 cm³/mol. The minimum Gasteiger partial charge on any atom is -0.497 e. The number of carbonyl (C=O) groups is 1. The molecule has 0 aliphatic carbocycles. The summed E-state index contributed by atoms with van der Waals surface area (Å²) in [7, 11) is 1.58. The first-order valence-electron chi connectivity index (χ1n) is 6.94. The first kappa shape index (κ1) is 14.6. The molecule has 0 saturated carbocycles. The SMILES string of the molecule is COc1ccc(-c2oc(Nc3ccccc3)nc2C(N)=O)cc1. The molecular formula is C17H15N3O3. The average molecular weight is 309 g/mol. The third-order valence-electron chi connectivity index (χ3n) is 3.24. The summed E-state index contributed by atoms with van der Waals surface area (Å²) in [6.45, 7) is 0. The van der Waals surface area contributed by atoms with Crippen LogP contribution in [-0.2, 0) is 0 Å². The van der Waals surface area contributed by atoms with Crippen molar-refractivity contribution >= 4 is 17.6 Å². The van der Waals surface area contributed by atoms with E-state index in [1.54, 1.807) is 31.4 Å². The van der Waals surface area contributed by atoms with Crippen LogP contribution in [0.3, 0.4) is 0 Å². The van der Waals surface area contributed by atoms with E-state index in [4.69, 9.17) is 14.9 Å². The highest BCUT2D eigenvalue weighted by Gasteiger charge is 2.19. The number of para-hydroxylation sites is 1. The second-order valence-corrected chi connectivity index (χ2v) is 4.78. The lowest BCUT2D eigenvalue weighted by molar-refractivity contribution is 0.0996. The van der Waals surface area contributed by atoms with Gasteiger partial charge < -0.3 is 20.2 Å². The van der Waals surface area contributed by atoms with E-state index >= 15 is 0 Å². The van der Waals surface area contributed by atoms with Gasteiger partial charge in [-0.15, -0.1) is 0 Å². The minimum atomic E-state index is -0.652. The van der Waals surface area contributed by atoms with Crippen molar-refractivity contribution in [1.82, 2.24) is 4.98 Å². The summed E-state index contributed by atoms with van der Waals surface area (Å²) < 4.78 is 10.8. The Morgan fingerprint density at radius 2 is 1.83 bits per heavy atom. The molecule has 1 aromatic heterocycles. The topological polar surface area (TPSA) is 90.4 Å². The van der Waals surface area contributed by atoms with Crippen molar-refractivity contribution in [3.8, 4) is 17.1 Å². The Bertz CT molecular complexity index is 811. The van der Waals surface area contributed by atoms with Crippen LogP contribution in [0.1, 0.15) is 10.5 Å².